The average Bonchev–Trinajstić information content (AvgIpc) is 3.29. The average molecular weight is 436 g/mol. The summed E-state index contributed by atoms with van der Waals surface area (Å²) in [6, 6.07) is 17.3. The topological polar surface area (TPSA) is 72.9 Å². The largest absolute Gasteiger partial charge is 0.478 e. The maximum atomic E-state index is 12.3. The van der Waals surface area contributed by atoms with Crippen LogP contribution in [0.3, 0.4) is 0 Å². The van der Waals surface area contributed by atoms with E-state index in [-0.39, 0.29) is 17.5 Å². The molecule has 1 amide bonds. The molecule has 0 aliphatic carbocycles. The fourth-order valence-corrected chi connectivity index (χ4v) is 4.65. The van der Waals surface area contributed by atoms with Gasteiger partial charge in [0.25, 0.3) is 5.91 Å². The summed E-state index contributed by atoms with van der Waals surface area (Å²) in [5.74, 6) is -1.24. The van der Waals surface area contributed by atoms with Crippen molar-refractivity contribution in [1.82, 2.24) is 0 Å². The smallest absolute Gasteiger partial charge is 0.337 e. The van der Waals surface area contributed by atoms with Gasteiger partial charge in [-0.1, -0.05) is 18.2 Å². The Morgan fingerprint density at radius 3 is 2.61 bits per heavy atom. The minimum atomic E-state index is -1.00. The van der Waals surface area contributed by atoms with Gasteiger partial charge in [0.1, 0.15) is 0 Å². The zero-order chi connectivity index (χ0) is 22.0. The molecule has 1 aliphatic heterocycles. The van der Waals surface area contributed by atoms with Crippen LogP contribution in [0.1, 0.15) is 32.5 Å². The Morgan fingerprint density at radius 2 is 1.94 bits per heavy atom. The molecule has 1 aromatic heterocycles. The number of amides is 1. The van der Waals surface area contributed by atoms with Crippen molar-refractivity contribution >= 4 is 40.3 Å². The van der Waals surface area contributed by atoms with E-state index in [0.29, 0.717) is 16.3 Å². The second-order valence-corrected chi connectivity index (χ2v) is 8.74. The van der Waals surface area contributed by atoms with Gasteiger partial charge >= 0.3 is 5.97 Å². The zero-order valence-corrected chi connectivity index (χ0v) is 18.4. The van der Waals surface area contributed by atoms with Gasteiger partial charge in [-0.15, -0.1) is 11.3 Å². The van der Waals surface area contributed by atoms with E-state index < -0.39 is 5.97 Å². The first kappa shape index (κ1) is 20.9. The highest BCUT2D eigenvalue weighted by Gasteiger charge is 2.27. The predicted molar refractivity (Wildman–Crippen MR) is 126 cm³/mol. The number of carboxylic acids is 1. The molecule has 2 heterocycles. The number of aromatic carboxylic acids is 1. The van der Waals surface area contributed by atoms with E-state index in [2.05, 4.69) is 53.2 Å². The number of nitrogens with zero attached hydrogens (tertiary/aromatic N) is 2. The number of carbonyl (C=O) groups is 2. The van der Waals surface area contributed by atoms with E-state index in [1.807, 2.05) is 11.4 Å². The van der Waals surface area contributed by atoms with Crippen LogP contribution in [-0.2, 0) is 0 Å². The first-order valence-electron chi connectivity index (χ1n) is 10.2. The second-order valence-electron chi connectivity index (χ2n) is 7.80. The lowest BCUT2D eigenvalue weighted by Crippen LogP contribution is -2.52. The van der Waals surface area contributed by atoms with Crippen molar-refractivity contribution in [1.29, 1.82) is 0 Å². The zero-order valence-electron chi connectivity index (χ0n) is 17.5. The third-order valence-corrected chi connectivity index (χ3v) is 6.40. The molecule has 0 radical (unpaired) electrons. The van der Waals surface area contributed by atoms with Gasteiger partial charge in [-0.05, 0) is 61.2 Å². The molecule has 2 N–H and O–H groups in total. The lowest BCUT2D eigenvalue weighted by atomic mass is 10.1. The highest BCUT2D eigenvalue weighted by atomic mass is 32.1. The molecule has 160 valence electrons. The molecule has 0 spiro atoms. The molecule has 0 bridgehead atoms. The molecule has 1 atom stereocenters. The fourth-order valence-electron chi connectivity index (χ4n) is 4.03. The number of hydrogen-bond acceptors (Lipinski definition) is 5. The molecular weight excluding hydrogens is 410 g/mol. The summed E-state index contributed by atoms with van der Waals surface area (Å²) in [5, 5.41) is 14.4. The molecule has 6 nitrogen and oxygen atoms in total. The van der Waals surface area contributed by atoms with Gasteiger partial charge in [0.05, 0.1) is 16.1 Å². The van der Waals surface area contributed by atoms with Gasteiger partial charge in [-0.25, -0.2) is 4.79 Å². The minimum Gasteiger partial charge on any atom is -0.478 e. The molecule has 31 heavy (non-hydrogen) atoms. The molecule has 3 aromatic rings. The van der Waals surface area contributed by atoms with Crippen molar-refractivity contribution in [2.75, 3.05) is 34.8 Å². The summed E-state index contributed by atoms with van der Waals surface area (Å²) < 4.78 is 0. The van der Waals surface area contributed by atoms with Gasteiger partial charge in [0.15, 0.2) is 0 Å². The monoisotopic (exact) mass is 435 g/mol. The number of hydrogen-bond donors (Lipinski definition) is 2. The number of benzene rings is 2. The van der Waals surface area contributed by atoms with Crippen molar-refractivity contribution < 1.29 is 14.7 Å². The summed E-state index contributed by atoms with van der Waals surface area (Å²) in [5.41, 5.74) is 3.77. The van der Waals surface area contributed by atoms with Crippen LogP contribution < -0.4 is 15.1 Å². The number of piperazine rings is 1. The molecule has 4 rings (SSSR count). The normalized spacial score (nSPS) is 16.3. The van der Waals surface area contributed by atoms with E-state index in [1.165, 1.54) is 22.6 Å². The Kier molecular flexibility index (Phi) is 5.95. The predicted octanol–water partition coefficient (Wildman–Crippen LogP) is 4.72. The molecule has 0 saturated carbocycles. The minimum absolute atomic E-state index is 0.195. The molecule has 2 aromatic carbocycles. The van der Waals surface area contributed by atoms with Gasteiger partial charge in [-0.2, -0.15) is 0 Å². The van der Waals surface area contributed by atoms with Crippen molar-refractivity contribution in [3.8, 4) is 0 Å². The highest BCUT2D eigenvalue weighted by Crippen LogP contribution is 2.29. The number of rotatable bonds is 5. The summed E-state index contributed by atoms with van der Waals surface area (Å²) >= 11 is 1.34. The van der Waals surface area contributed by atoms with Crippen LogP contribution in [0, 0.1) is 6.92 Å². The molecular formula is C24H25N3O3S. The van der Waals surface area contributed by atoms with Crippen LogP contribution in [0.25, 0.3) is 0 Å². The summed E-state index contributed by atoms with van der Waals surface area (Å²) in [4.78, 5) is 29.4. The highest BCUT2D eigenvalue weighted by molar-refractivity contribution is 7.12. The summed E-state index contributed by atoms with van der Waals surface area (Å²) in [6.45, 7) is 6.49. The number of aryl methyl sites for hydroxylation is 1. The van der Waals surface area contributed by atoms with Gasteiger partial charge < -0.3 is 20.2 Å². The lowest BCUT2D eigenvalue weighted by molar-refractivity contribution is 0.0697. The standard InChI is InChI=1S/C24H25N3O3S/c1-16-5-3-6-19(13-16)27-11-10-26(15-17(27)2)21-9-8-18(14-20(21)24(29)30)25-23(28)22-7-4-12-31-22/h3-9,12-14,17H,10-11,15H2,1-2H3,(H,25,28)(H,29,30). The van der Waals surface area contributed by atoms with Gasteiger partial charge in [0.2, 0.25) is 0 Å². The van der Waals surface area contributed by atoms with Crippen LogP contribution in [0.2, 0.25) is 0 Å². The van der Waals surface area contributed by atoms with Crippen LogP contribution in [0.5, 0.6) is 0 Å². The SMILES string of the molecule is Cc1cccc(N2CCN(c3ccc(NC(=O)c4cccs4)cc3C(=O)O)CC2C)c1. The second kappa shape index (κ2) is 8.81. The van der Waals surface area contributed by atoms with E-state index in [4.69, 9.17) is 0 Å². The van der Waals surface area contributed by atoms with Crippen LogP contribution in [0.15, 0.2) is 60.0 Å². The molecule has 1 unspecified atom stereocenters. The Morgan fingerprint density at radius 1 is 1.10 bits per heavy atom. The number of carboxylic acid groups (broad SMARTS) is 1. The van der Waals surface area contributed by atoms with Crippen molar-refractivity contribution in [3.05, 3.63) is 76.0 Å². The molecule has 1 saturated heterocycles. The number of nitrogens with one attached hydrogen (secondary N) is 1. The van der Waals surface area contributed by atoms with Crippen molar-refractivity contribution in [3.63, 3.8) is 0 Å². The number of anilines is 3. The number of carbonyl (C=O) groups excluding carboxylic acids is 1. The number of thiophene rings is 1. The van der Waals surface area contributed by atoms with E-state index >= 15 is 0 Å². The Balaban J connectivity index is 1.52. The van der Waals surface area contributed by atoms with Crippen LogP contribution in [-0.4, -0.2) is 42.7 Å². The third-order valence-electron chi connectivity index (χ3n) is 5.53. The Hall–Kier alpha value is -3.32. The Bertz CT molecular complexity index is 1100. The quantitative estimate of drug-likeness (QED) is 0.607. The van der Waals surface area contributed by atoms with Crippen LogP contribution in [0.4, 0.5) is 17.1 Å². The summed E-state index contributed by atoms with van der Waals surface area (Å²) in [7, 11) is 0. The molecule has 7 heteroatoms. The summed E-state index contributed by atoms with van der Waals surface area (Å²) in [6.07, 6.45) is 0. The first-order valence-corrected chi connectivity index (χ1v) is 11.1. The maximum absolute atomic E-state index is 12.3. The molecule has 1 aliphatic rings. The third kappa shape index (κ3) is 4.56. The molecule has 1 fully saturated rings. The lowest BCUT2D eigenvalue weighted by Gasteiger charge is -2.42. The van der Waals surface area contributed by atoms with Gasteiger partial charge in [0, 0.05) is 37.1 Å². The maximum Gasteiger partial charge on any atom is 0.337 e. The van der Waals surface area contributed by atoms with Gasteiger partial charge in [-0.3, -0.25) is 4.79 Å². The first-order chi connectivity index (χ1) is 14.9. The van der Waals surface area contributed by atoms with Crippen LogP contribution >= 0.6 is 11.3 Å². The Labute approximate surface area is 185 Å². The van der Waals surface area contributed by atoms with E-state index in [9.17, 15) is 14.7 Å². The van der Waals surface area contributed by atoms with Crippen molar-refractivity contribution in [2.24, 2.45) is 0 Å². The van der Waals surface area contributed by atoms with E-state index in [0.717, 1.165) is 19.6 Å². The van der Waals surface area contributed by atoms with Crippen molar-refractivity contribution in [2.45, 2.75) is 19.9 Å². The van der Waals surface area contributed by atoms with E-state index in [1.54, 1.807) is 24.3 Å². The fraction of sp³-hybridized carbons (Fsp3) is 0.250.